The van der Waals surface area contributed by atoms with E-state index in [1.165, 1.54) is 0 Å². The Hall–Kier alpha value is -0.120. The SMILES string of the molecule is CCC(C)(C)OCCOCCO. The number of aliphatic hydroxyl groups is 1. The monoisotopic (exact) mass is 176 g/mol. The zero-order valence-corrected chi connectivity index (χ0v) is 8.30. The number of aliphatic hydroxyl groups excluding tert-OH is 1. The summed E-state index contributed by atoms with van der Waals surface area (Å²) in [5.74, 6) is 0. The van der Waals surface area contributed by atoms with Crippen molar-refractivity contribution in [3.63, 3.8) is 0 Å². The molecule has 0 heterocycles. The first kappa shape index (κ1) is 11.9. The number of rotatable bonds is 7. The van der Waals surface area contributed by atoms with E-state index in [0.29, 0.717) is 19.8 Å². The summed E-state index contributed by atoms with van der Waals surface area (Å²) >= 11 is 0. The smallest absolute Gasteiger partial charge is 0.0707 e. The summed E-state index contributed by atoms with van der Waals surface area (Å²) in [5.41, 5.74) is -0.0530. The van der Waals surface area contributed by atoms with Crippen molar-refractivity contribution in [2.45, 2.75) is 32.8 Å². The van der Waals surface area contributed by atoms with Crippen LogP contribution in [0, 0.1) is 0 Å². The normalized spacial score (nSPS) is 12.0. The van der Waals surface area contributed by atoms with Gasteiger partial charge in [-0.15, -0.1) is 0 Å². The van der Waals surface area contributed by atoms with Crippen molar-refractivity contribution in [1.29, 1.82) is 0 Å². The molecule has 1 N–H and O–H groups in total. The van der Waals surface area contributed by atoms with Crippen molar-refractivity contribution in [2.24, 2.45) is 0 Å². The Morgan fingerprint density at radius 1 is 1.17 bits per heavy atom. The van der Waals surface area contributed by atoms with E-state index in [-0.39, 0.29) is 12.2 Å². The molecule has 0 radical (unpaired) electrons. The average Bonchev–Trinajstić information content (AvgIpc) is 2.04. The number of hydrogen-bond acceptors (Lipinski definition) is 3. The van der Waals surface area contributed by atoms with Crippen LogP contribution in [0.1, 0.15) is 27.2 Å². The van der Waals surface area contributed by atoms with Gasteiger partial charge >= 0.3 is 0 Å². The summed E-state index contributed by atoms with van der Waals surface area (Å²) in [6.07, 6.45) is 0.993. The van der Waals surface area contributed by atoms with Gasteiger partial charge in [0.15, 0.2) is 0 Å². The molecule has 0 atom stereocenters. The molecule has 0 aromatic heterocycles. The van der Waals surface area contributed by atoms with Crippen LogP contribution in [0.4, 0.5) is 0 Å². The van der Waals surface area contributed by atoms with E-state index in [9.17, 15) is 0 Å². The average molecular weight is 176 g/mol. The fraction of sp³-hybridized carbons (Fsp3) is 1.00. The third-order valence-corrected chi connectivity index (χ3v) is 1.81. The van der Waals surface area contributed by atoms with Crippen molar-refractivity contribution >= 4 is 0 Å². The molecule has 0 aliphatic rings. The highest BCUT2D eigenvalue weighted by atomic mass is 16.5. The fourth-order valence-electron chi connectivity index (χ4n) is 0.646. The van der Waals surface area contributed by atoms with Crippen molar-refractivity contribution in [3.05, 3.63) is 0 Å². The van der Waals surface area contributed by atoms with Crippen LogP contribution in [0.2, 0.25) is 0 Å². The molecule has 0 fully saturated rings. The Morgan fingerprint density at radius 3 is 2.33 bits per heavy atom. The maximum absolute atomic E-state index is 8.41. The molecule has 12 heavy (non-hydrogen) atoms. The van der Waals surface area contributed by atoms with Crippen LogP contribution in [-0.2, 0) is 9.47 Å². The Morgan fingerprint density at radius 2 is 1.83 bits per heavy atom. The van der Waals surface area contributed by atoms with Crippen molar-refractivity contribution < 1.29 is 14.6 Å². The topological polar surface area (TPSA) is 38.7 Å². The lowest BCUT2D eigenvalue weighted by atomic mass is 10.1. The fourth-order valence-corrected chi connectivity index (χ4v) is 0.646. The molecular weight excluding hydrogens is 156 g/mol. The lowest BCUT2D eigenvalue weighted by Crippen LogP contribution is -2.25. The molecular formula is C9H20O3. The highest BCUT2D eigenvalue weighted by molar-refractivity contribution is 4.64. The van der Waals surface area contributed by atoms with Crippen LogP contribution < -0.4 is 0 Å². The molecule has 74 valence electrons. The molecule has 3 heteroatoms. The Kier molecular flexibility index (Phi) is 6.34. The molecule has 0 bridgehead atoms. The quantitative estimate of drug-likeness (QED) is 0.592. The van der Waals surface area contributed by atoms with Crippen LogP contribution in [-0.4, -0.2) is 37.1 Å². The van der Waals surface area contributed by atoms with Gasteiger partial charge in [-0.25, -0.2) is 0 Å². The molecule has 3 nitrogen and oxygen atoms in total. The van der Waals surface area contributed by atoms with Gasteiger partial charge in [-0.1, -0.05) is 6.92 Å². The second-order valence-corrected chi connectivity index (χ2v) is 3.30. The van der Waals surface area contributed by atoms with Gasteiger partial charge in [0.25, 0.3) is 0 Å². The minimum Gasteiger partial charge on any atom is -0.394 e. The van der Waals surface area contributed by atoms with E-state index in [4.69, 9.17) is 14.6 Å². The molecule has 0 aliphatic carbocycles. The predicted octanol–water partition coefficient (Wildman–Crippen LogP) is 1.20. The first-order valence-electron chi connectivity index (χ1n) is 4.45. The second-order valence-electron chi connectivity index (χ2n) is 3.30. The van der Waals surface area contributed by atoms with Gasteiger partial charge in [0.05, 0.1) is 32.0 Å². The van der Waals surface area contributed by atoms with E-state index in [0.717, 1.165) is 6.42 Å². The van der Waals surface area contributed by atoms with Gasteiger partial charge < -0.3 is 14.6 Å². The molecule has 0 saturated heterocycles. The summed E-state index contributed by atoms with van der Waals surface area (Å²) < 4.78 is 10.6. The maximum Gasteiger partial charge on any atom is 0.0707 e. The van der Waals surface area contributed by atoms with Crippen molar-refractivity contribution in [2.75, 3.05) is 26.4 Å². The lowest BCUT2D eigenvalue weighted by molar-refractivity contribution is -0.0504. The lowest BCUT2D eigenvalue weighted by Gasteiger charge is -2.23. The Bertz CT molecular complexity index is 102. The van der Waals surface area contributed by atoms with Gasteiger partial charge in [-0.2, -0.15) is 0 Å². The van der Waals surface area contributed by atoms with Gasteiger partial charge in [-0.3, -0.25) is 0 Å². The second kappa shape index (κ2) is 6.40. The van der Waals surface area contributed by atoms with Gasteiger partial charge in [0.1, 0.15) is 0 Å². The Labute approximate surface area is 74.7 Å². The third-order valence-electron chi connectivity index (χ3n) is 1.81. The zero-order valence-electron chi connectivity index (χ0n) is 8.30. The summed E-state index contributed by atoms with van der Waals surface area (Å²) in [5, 5.41) is 8.41. The van der Waals surface area contributed by atoms with Crippen molar-refractivity contribution in [1.82, 2.24) is 0 Å². The van der Waals surface area contributed by atoms with E-state index in [1.807, 2.05) is 0 Å². The minimum atomic E-state index is -0.0530. The predicted molar refractivity (Wildman–Crippen MR) is 48.2 cm³/mol. The Balaban J connectivity index is 3.19. The van der Waals surface area contributed by atoms with Crippen LogP contribution in [0.15, 0.2) is 0 Å². The molecule has 0 spiro atoms. The highest BCUT2D eigenvalue weighted by Crippen LogP contribution is 2.12. The van der Waals surface area contributed by atoms with Crippen LogP contribution in [0.3, 0.4) is 0 Å². The van der Waals surface area contributed by atoms with Gasteiger partial charge in [0.2, 0.25) is 0 Å². The van der Waals surface area contributed by atoms with Gasteiger partial charge in [-0.05, 0) is 20.3 Å². The van der Waals surface area contributed by atoms with E-state index in [2.05, 4.69) is 20.8 Å². The number of ether oxygens (including phenoxy) is 2. The van der Waals surface area contributed by atoms with Crippen LogP contribution >= 0.6 is 0 Å². The molecule has 0 saturated carbocycles. The zero-order chi connectivity index (χ0) is 9.45. The molecule has 0 amide bonds. The van der Waals surface area contributed by atoms with Crippen LogP contribution in [0.25, 0.3) is 0 Å². The molecule has 0 unspecified atom stereocenters. The van der Waals surface area contributed by atoms with E-state index < -0.39 is 0 Å². The molecule has 0 aliphatic heterocycles. The molecule has 0 aromatic rings. The first-order valence-corrected chi connectivity index (χ1v) is 4.45. The number of hydrogen-bond donors (Lipinski definition) is 1. The summed E-state index contributed by atoms with van der Waals surface area (Å²) in [4.78, 5) is 0. The van der Waals surface area contributed by atoms with E-state index in [1.54, 1.807) is 0 Å². The van der Waals surface area contributed by atoms with Gasteiger partial charge in [0, 0.05) is 0 Å². The summed E-state index contributed by atoms with van der Waals surface area (Å²) in [6, 6.07) is 0. The third kappa shape index (κ3) is 6.58. The largest absolute Gasteiger partial charge is 0.394 e. The highest BCUT2D eigenvalue weighted by Gasteiger charge is 2.14. The summed E-state index contributed by atoms with van der Waals surface area (Å²) in [6.45, 7) is 7.84. The van der Waals surface area contributed by atoms with Crippen molar-refractivity contribution in [3.8, 4) is 0 Å². The molecule has 0 rings (SSSR count). The molecule has 0 aromatic carbocycles. The van der Waals surface area contributed by atoms with E-state index >= 15 is 0 Å². The van der Waals surface area contributed by atoms with Crippen LogP contribution in [0.5, 0.6) is 0 Å². The summed E-state index contributed by atoms with van der Waals surface area (Å²) in [7, 11) is 0. The minimum absolute atomic E-state index is 0.0530. The maximum atomic E-state index is 8.41. The standard InChI is InChI=1S/C9H20O3/c1-4-9(2,3)12-8-7-11-6-5-10/h10H,4-8H2,1-3H3. The first-order chi connectivity index (χ1) is 5.62.